The lowest BCUT2D eigenvalue weighted by molar-refractivity contribution is -0.119. The third-order valence-electron chi connectivity index (χ3n) is 1.19. The van der Waals surface area contributed by atoms with Gasteiger partial charge in [-0.2, -0.15) is 0 Å². The van der Waals surface area contributed by atoms with Crippen molar-refractivity contribution in [2.24, 2.45) is 5.92 Å². The molecule has 0 saturated heterocycles. The van der Waals surface area contributed by atoms with Gasteiger partial charge in [-0.3, -0.25) is 4.79 Å². The van der Waals surface area contributed by atoms with Crippen molar-refractivity contribution in [3.8, 4) is 0 Å². The highest BCUT2D eigenvalue weighted by atomic mass is 16.1. The maximum absolute atomic E-state index is 10.3. The second kappa shape index (κ2) is 4.36. The van der Waals surface area contributed by atoms with Crippen molar-refractivity contribution in [2.45, 2.75) is 20.3 Å². The smallest absolute Gasteiger partial charge is 0.216 e. The van der Waals surface area contributed by atoms with Gasteiger partial charge in [-0.1, -0.05) is 13.8 Å². The summed E-state index contributed by atoms with van der Waals surface area (Å²) in [5.74, 6) is 0.532. The molecule has 1 N–H and O–H groups in total. The fourth-order valence-corrected chi connectivity index (χ4v) is 0.420. The number of nitrogens with one attached hydrogen (secondary N) is 1. The van der Waals surface area contributed by atoms with E-state index in [1.54, 1.807) is 0 Å². The summed E-state index contributed by atoms with van der Waals surface area (Å²) in [6.07, 6.45) is 0.875. The summed E-state index contributed by atoms with van der Waals surface area (Å²) in [6, 6.07) is 0. The number of hydrogen-bond acceptors (Lipinski definition) is 1. The molecule has 0 fully saturated rings. The predicted octanol–water partition coefficient (Wildman–Crippen LogP) is 0.983. The monoisotopic (exact) mass is 128 g/mol. The van der Waals surface area contributed by atoms with Crippen LogP contribution in [0.2, 0.25) is 0 Å². The van der Waals surface area contributed by atoms with Crippen LogP contribution in [0, 0.1) is 12.8 Å². The van der Waals surface area contributed by atoms with Crippen LogP contribution in [-0.4, -0.2) is 12.5 Å². The van der Waals surface area contributed by atoms with E-state index in [9.17, 15) is 4.79 Å². The zero-order valence-corrected chi connectivity index (χ0v) is 6.11. The van der Waals surface area contributed by atoms with Gasteiger partial charge in [0.05, 0.1) is 0 Å². The van der Waals surface area contributed by atoms with Crippen molar-refractivity contribution < 1.29 is 4.79 Å². The van der Waals surface area contributed by atoms with Crippen LogP contribution in [0.1, 0.15) is 20.3 Å². The first-order chi connectivity index (χ1) is 4.16. The summed E-state index contributed by atoms with van der Waals surface area (Å²) in [7, 11) is 0. The Balaban J connectivity index is 3.16. The summed E-state index contributed by atoms with van der Waals surface area (Å²) in [6.45, 7) is 8.04. The molecular formula is C7H14NO. The van der Waals surface area contributed by atoms with Crippen LogP contribution >= 0.6 is 0 Å². The summed E-state index contributed by atoms with van der Waals surface area (Å²) in [5, 5.41) is 2.72. The van der Waals surface area contributed by atoms with Crippen molar-refractivity contribution in [2.75, 3.05) is 6.54 Å². The van der Waals surface area contributed by atoms with E-state index in [4.69, 9.17) is 0 Å². The SMILES string of the molecule is [CH2]CC(C)CNC(C)=O. The van der Waals surface area contributed by atoms with Crippen LogP contribution in [0.25, 0.3) is 0 Å². The molecule has 2 heteroatoms. The van der Waals surface area contributed by atoms with E-state index in [0.29, 0.717) is 5.92 Å². The van der Waals surface area contributed by atoms with Crippen molar-refractivity contribution in [3.63, 3.8) is 0 Å². The summed E-state index contributed by atoms with van der Waals surface area (Å²) in [5.41, 5.74) is 0. The predicted molar refractivity (Wildman–Crippen MR) is 37.8 cm³/mol. The second-order valence-electron chi connectivity index (χ2n) is 2.33. The minimum Gasteiger partial charge on any atom is -0.356 e. The molecule has 0 bridgehead atoms. The van der Waals surface area contributed by atoms with E-state index < -0.39 is 0 Å². The molecule has 0 heterocycles. The third-order valence-corrected chi connectivity index (χ3v) is 1.19. The zero-order chi connectivity index (χ0) is 7.28. The molecule has 0 aliphatic heterocycles. The highest BCUT2D eigenvalue weighted by Gasteiger charge is 1.97. The highest BCUT2D eigenvalue weighted by Crippen LogP contribution is 1.95. The standard InChI is InChI=1S/C7H14NO/c1-4-6(2)5-8-7(3)9/h6H,1,4-5H2,2-3H3,(H,8,9). The molecule has 9 heavy (non-hydrogen) atoms. The minimum atomic E-state index is 0.0373. The molecule has 1 radical (unpaired) electrons. The van der Waals surface area contributed by atoms with E-state index in [0.717, 1.165) is 13.0 Å². The van der Waals surface area contributed by atoms with E-state index in [1.165, 1.54) is 6.92 Å². The molecular weight excluding hydrogens is 114 g/mol. The first-order valence-electron chi connectivity index (χ1n) is 3.20. The Morgan fingerprint density at radius 3 is 2.67 bits per heavy atom. The Hall–Kier alpha value is -0.530. The molecule has 1 amide bonds. The fourth-order valence-electron chi connectivity index (χ4n) is 0.420. The average Bonchev–Trinajstić information content (AvgIpc) is 1.83. The van der Waals surface area contributed by atoms with Crippen molar-refractivity contribution in [1.29, 1.82) is 0 Å². The molecule has 0 aliphatic carbocycles. The van der Waals surface area contributed by atoms with Crippen LogP contribution in [0.4, 0.5) is 0 Å². The highest BCUT2D eigenvalue weighted by molar-refractivity contribution is 5.72. The van der Waals surface area contributed by atoms with Crippen LogP contribution in [0.15, 0.2) is 0 Å². The lowest BCUT2D eigenvalue weighted by Crippen LogP contribution is -2.25. The van der Waals surface area contributed by atoms with Crippen molar-refractivity contribution in [3.05, 3.63) is 6.92 Å². The second-order valence-corrected chi connectivity index (χ2v) is 2.33. The van der Waals surface area contributed by atoms with E-state index in [-0.39, 0.29) is 5.91 Å². The molecule has 2 nitrogen and oxygen atoms in total. The van der Waals surface area contributed by atoms with Gasteiger partial charge < -0.3 is 5.32 Å². The lowest BCUT2D eigenvalue weighted by atomic mass is 10.1. The van der Waals surface area contributed by atoms with Gasteiger partial charge in [0.2, 0.25) is 5.91 Å². The van der Waals surface area contributed by atoms with E-state index in [2.05, 4.69) is 19.2 Å². The first-order valence-corrected chi connectivity index (χ1v) is 3.20. The third kappa shape index (κ3) is 5.34. The average molecular weight is 128 g/mol. The topological polar surface area (TPSA) is 29.1 Å². The van der Waals surface area contributed by atoms with Gasteiger partial charge >= 0.3 is 0 Å². The summed E-state index contributed by atoms with van der Waals surface area (Å²) >= 11 is 0. The molecule has 53 valence electrons. The maximum Gasteiger partial charge on any atom is 0.216 e. The molecule has 0 spiro atoms. The number of carbonyl (C=O) groups excluding carboxylic acids is 1. The molecule has 0 aromatic heterocycles. The lowest BCUT2D eigenvalue weighted by Gasteiger charge is -2.06. The van der Waals surface area contributed by atoms with E-state index in [1.807, 2.05) is 0 Å². The van der Waals surface area contributed by atoms with Gasteiger partial charge in [-0.25, -0.2) is 0 Å². The number of hydrogen-bond donors (Lipinski definition) is 1. The van der Waals surface area contributed by atoms with Crippen LogP contribution < -0.4 is 5.32 Å². The van der Waals surface area contributed by atoms with Gasteiger partial charge in [0.1, 0.15) is 0 Å². The maximum atomic E-state index is 10.3. The molecule has 0 saturated carbocycles. The Bertz CT molecular complexity index is 90.9. The van der Waals surface area contributed by atoms with Gasteiger partial charge in [0.25, 0.3) is 0 Å². The van der Waals surface area contributed by atoms with Crippen LogP contribution in [0.3, 0.4) is 0 Å². The van der Waals surface area contributed by atoms with Crippen LogP contribution in [0.5, 0.6) is 0 Å². The van der Waals surface area contributed by atoms with Gasteiger partial charge in [-0.15, -0.1) is 0 Å². The number of carbonyl (C=O) groups is 1. The number of amides is 1. The molecule has 1 atom stereocenters. The van der Waals surface area contributed by atoms with Crippen molar-refractivity contribution >= 4 is 5.91 Å². The van der Waals surface area contributed by atoms with Gasteiger partial charge in [0, 0.05) is 13.5 Å². The first kappa shape index (κ1) is 8.47. The Morgan fingerprint density at radius 1 is 1.78 bits per heavy atom. The zero-order valence-electron chi connectivity index (χ0n) is 6.11. The molecule has 0 aliphatic rings. The Labute approximate surface area is 56.6 Å². The molecule has 0 aromatic rings. The number of rotatable bonds is 3. The Kier molecular flexibility index (Phi) is 4.10. The largest absolute Gasteiger partial charge is 0.356 e. The summed E-state index contributed by atoms with van der Waals surface area (Å²) in [4.78, 5) is 10.3. The normalized spacial score (nSPS) is 12.8. The summed E-state index contributed by atoms with van der Waals surface area (Å²) < 4.78 is 0. The molecule has 0 aromatic carbocycles. The molecule has 0 rings (SSSR count). The van der Waals surface area contributed by atoms with E-state index >= 15 is 0 Å². The van der Waals surface area contributed by atoms with Crippen LogP contribution in [-0.2, 0) is 4.79 Å². The van der Waals surface area contributed by atoms with Crippen molar-refractivity contribution in [1.82, 2.24) is 5.32 Å². The fraction of sp³-hybridized carbons (Fsp3) is 0.714. The van der Waals surface area contributed by atoms with Gasteiger partial charge in [0.15, 0.2) is 0 Å². The van der Waals surface area contributed by atoms with Gasteiger partial charge in [-0.05, 0) is 12.3 Å². The Morgan fingerprint density at radius 2 is 2.33 bits per heavy atom. The molecule has 1 unspecified atom stereocenters. The quantitative estimate of drug-likeness (QED) is 0.603. The minimum absolute atomic E-state index is 0.0373.